The molecule has 0 N–H and O–H groups in total. The number of amides is 1. The SMILES string of the molecule is Cc1cc2c(cc1-c1cnc(N(C=O)c3c(F)cccc3F)cn1)OCCO2. The molecule has 0 fully saturated rings. The van der Waals surface area contributed by atoms with Crippen molar-refractivity contribution in [1.82, 2.24) is 9.97 Å². The van der Waals surface area contributed by atoms with E-state index in [9.17, 15) is 13.6 Å². The average molecular weight is 383 g/mol. The van der Waals surface area contributed by atoms with Gasteiger partial charge in [0.15, 0.2) is 17.3 Å². The van der Waals surface area contributed by atoms with Gasteiger partial charge in [0.2, 0.25) is 6.41 Å². The Labute approximate surface area is 159 Å². The van der Waals surface area contributed by atoms with Crippen molar-refractivity contribution in [2.75, 3.05) is 18.1 Å². The molecule has 6 nitrogen and oxygen atoms in total. The molecule has 0 atom stereocenters. The van der Waals surface area contributed by atoms with E-state index in [4.69, 9.17) is 9.47 Å². The van der Waals surface area contributed by atoms with E-state index in [2.05, 4.69) is 9.97 Å². The van der Waals surface area contributed by atoms with Gasteiger partial charge in [0, 0.05) is 5.56 Å². The number of hydrogen-bond donors (Lipinski definition) is 0. The molecule has 1 aliphatic heterocycles. The minimum Gasteiger partial charge on any atom is -0.486 e. The van der Waals surface area contributed by atoms with E-state index in [1.807, 2.05) is 19.1 Å². The van der Waals surface area contributed by atoms with Crippen LogP contribution in [0.15, 0.2) is 42.7 Å². The summed E-state index contributed by atoms with van der Waals surface area (Å²) in [7, 11) is 0. The summed E-state index contributed by atoms with van der Waals surface area (Å²) in [5.74, 6) is -0.473. The second kappa shape index (κ2) is 7.22. The third-order valence-corrected chi connectivity index (χ3v) is 4.33. The lowest BCUT2D eigenvalue weighted by Crippen LogP contribution is -2.18. The largest absolute Gasteiger partial charge is 0.486 e. The smallest absolute Gasteiger partial charge is 0.220 e. The molecule has 0 unspecified atom stereocenters. The maximum absolute atomic E-state index is 14.0. The third-order valence-electron chi connectivity index (χ3n) is 4.33. The number of ether oxygens (including phenoxy) is 2. The predicted octanol–water partition coefficient (Wildman–Crippen LogP) is 3.80. The van der Waals surface area contributed by atoms with Crippen LogP contribution in [0.4, 0.5) is 20.3 Å². The number of aromatic nitrogens is 2. The summed E-state index contributed by atoms with van der Waals surface area (Å²) in [5, 5.41) is 0. The number of aryl methyl sites for hydroxylation is 1. The Balaban J connectivity index is 1.70. The van der Waals surface area contributed by atoms with Crippen LogP contribution < -0.4 is 14.4 Å². The lowest BCUT2D eigenvalue weighted by atomic mass is 10.0. The minimum absolute atomic E-state index is 0.00190. The Hall–Kier alpha value is -3.55. The van der Waals surface area contributed by atoms with Gasteiger partial charge in [-0.1, -0.05) is 6.07 Å². The molecule has 28 heavy (non-hydrogen) atoms. The molecule has 8 heteroatoms. The molecule has 142 valence electrons. The highest BCUT2D eigenvalue weighted by molar-refractivity contribution is 5.85. The van der Waals surface area contributed by atoms with Gasteiger partial charge in [-0.25, -0.2) is 13.8 Å². The zero-order chi connectivity index (χ0) is 19.7. The molecule has 0 aliphatic carbocycles. The molecule has 0 saturated carbocycles. The monoisotopic (exact) mass is 383 g/mol. The zero-order valence-electron chi connectivity index (χ0n) is 14.9. The number of anilines is 2. The number of carbonyl (C=O) groups excluding carboxylic acids is 1. The molecule has 1 aliphatic rings. The Morgan fingerprint density at radius 2 is 1.71 bits per heavy atom. The number of halogens is 2. The topological polar surface area (TPSA) is 64.6 Å². The Bertz CT molecular complexity index is 1020. The molecule has 1 aromatic heterocycles. The fourth-order valence-corrected chi connectivity index (χ4v) is 2.99. The van der Waals surface area contributed by atoms with Gasteiger partial charge in [-0.05, 0) is 36.8 Å². The summed E-state index contributed by atoms with van der Waals surface area (Å²) in [5.41, 5.74) is 1.70. The molecule has 2 aromatic carbocycles. The van der Waals surface area contributed by atoms with Gasteiger partial charge in [-0.3, -0.25) is 14.7 Å². The van der Waals surface area contributed by atoms with Crippen molar-refractivity contribution < 1.29 is 23.0 Å². The fourth-order valence-electron chi connectivity index (χ4n) is 2.99. The van der Waals surface area contributed by atoms with Crippen LogP contribution in [0, 0.1) is 18.6 Å². The molecule has 3 aromatic rings. The van der Waals surface area contributed by atoms with Crippen molar-refractivity contribution >= 4 is 17.9 Å². The van der Waals surface area contributed by atoms with Crippen LogP contribution in [0.3, 0.4) is 0 Å². The van der Waals surface area contributed by atoms with Crippen molar-refractivity contribution in [2.45, 2.75) is 6.92 Å². The summed E-state index contributed by atoms with van der Waals surface area (Å²) >= 11 is 0. The van der Waals surface area contributed by atoms with Gasteiger partial charge in [0.25, 0.3) is 0 Å². The van der Waals surface area contributed by atoms with E-state index >= 15 is 0 Å². The first-order chi connectivity index (χ1) is 13.6. The van der Waals surface area contributed by atoms with Crippen molar-refractivity contribution in [3.63, 3.8) is 0 Å². The zero-order valence-corrected chi connectivity index (χ0v) is 14.9. The molecular weight excluding hydrogens is 368 g/mol. The highest BCUT2D eigenvalue weighted by atomic mass is 19.1. The third kappa shape index (κ3) is 3.13. The summed E-state index contributed by atoms with van der Waals surface area (Å²) in [4.78, 5) is 20.7. The average Bonchev–Trinajstić information content (AvgIpc) is 2.70. The number of para-hydroxylation sites is 1. The van der Waals surface area contributed by atoms with Gasteiger partial charge >= 0.3 is 0 Å². The Morgan fingerprint density at radius 1 is 1.04 bits per heavy atom. The first kappa shape index (κ1) is 17.8. The molecule has 0 bridgehead atoms. The van der Waals surface area contributed by atoms with Gasteiger partial charge in [0.05, 0.1) is 18.1 Å². The standard InChI is InChI=1S/C20H15F2N3O3/c1-12-7-17-18(28-6-5-27-17)8-13(12)16-9-24-19(10-23-16)25(11-26)20-14(21)3-2-4-15(20)22/h2-4,7-11H,5-6H2,1H3. The Kier molecular flexibility index (Phi) is 4.60. The highest BCUT2D eigenvalue weighted by Gasteiger charge is 2.20. The summed E-state index contributed by atoms with van der Waals surface area (Å²) in [6.07, 6.45) is 3.01. The minimum atomic E-state index is -0.874. The van der Waals surface area contributed by atoms with E-state index < -0.39 is 17.3 Å². The summed E-state index contributed by atoms with van der Waals surface area (Å²) < 4.78 is 39.2. The van der Waals surface area contributed by atoms with Crippen molar-refractivity contribution in [2.24, 2.45) is 0 Å². The normalized spacial score (nSPS) is 12.5. The lowest BCUT2D eigenvalue weighted by Gasteiger charge is -2.20. The summed E-state index contributed by atoms with van der Waals surface area (Å²) in [6.45, 7) is 2.85. The van der Waals surface area contributed by atoms with E-state index in [0.29, 0.717) is 36.8 Å². The van der Waals surface area contributed by atoms with Crippen molar-refractivity contribution in [1.29, 1.82) is 0 Å². The maximum Gasteiger partial charge on any atom is 0.220 e. The van der Waals surface area contributed by atoms with Crippen molar-refractivity contribution in [3.8, 4) is 22.8 Å². The number of nitrogens with zero attached hydrogens (tertiary/aromatic N) is 3. The van der Waals surface area contributed by atoms with Crippen LogP contribution in [0.5, 0.6) is 11.5 Å². The lowest BCUT2D eigenvalue weighted by molar-refractivity contribution is -0.106. The molecule has 0 spiro atoms. The molecule has 0 radical (unpaired) electrons. The van der Waals surface area contributed by atoms with Crippen LogP contribution in [0.1, 0.15) is 5.56 Å². The fraction of sp³-hybridized carbons (Fsp3) is 0.150. The van der Waals surface area contributed by atoms with E-state index in [0.717, 1.165) is 28.2 Å². The Morgan fingerprint density at radius 3 is 2.32 bits per heavy atom. The highest BCUT2D eigenvalue weighted by Crippen LogP contribution is 2.37. The van der Waals surface area contributed by atoms with Crippen LogP contribution in [0.2, 0.25) is 0 Å². The van der Waals surface area contributed by atoms with Crippen LogP contribution in [0.25, 0.3) is 11.3 Å². The number of fused-ring (bicyclic) bond motifs is 1. The quantitative estimate of drug-likeness (QED) is 0.642. The maximum atomic E-state index is 14.0. The van der Waals surface area contributed by atoms with Crippen LogP contribution in [-0.4, -0.2) is 29.6 Å². The predicted molar refractivity (Wildman–Crippen MR) is 97.8 cm³/mol. The van der Waals surface area contributed by atoms with Gasteiger partial charge in [-0.2, -0.15) is 0 Å². The number of benzene rings is 2. The first-order valence-corrected chi connectivity index (χ1v) is 8.49. The molecule has 1 amide bonds. The van der Waals surface area contributed by atoms with Gasteiger partial charge < -0.3 is 9.47 Å². The van der Waals surface area contributed by atoms with Crippen molar-refractivity contribution in [3.05, 3.63) is 59.9 Å². The molecule has 4 rings (SSSR count). The van der Waals surface area contributed by atoms with E-state index in [1.54, 1.807) is 0 Å². The number of hydrogen-bond acceptors (Lipinski definition) is 5. The molecule has 0 saturated heterocycles. The summed E-state index contributed by atoms with van der Waals surface area (Å²) in [6, 6.07) is 7.01. The van der Waals surface area contributed by atoms with E-state index in [1.165, 1.54) is 18.5 Å². The number of rotatable bonds is 4. The van der Waals surface area contributed by atoms with E-state index in [-0.39, 0.29) is 5.82 Å². The second-order valence-electron chi connectivity index (χ2n) is 6.12. The van der Waals surface area contributed by atoms with Crippen LogP contribution >= 0.6 is 0 Å². The first-order valence-electron chi connectivity index (χ1n) is 8.49. The molecular formula is C20H15F2N3O3. The van der Waals surface area contributed by atoms with Gasteiger partial charge in [0.1, 0.15) is 30.5 Å². The second-order valence-corrected chi connectivity index (χ2v) is 6.12. The van der Waals surface area contributed by atoms with Crippen LogP contribution in [-0.2, 0) is 4.79 Å². The van der Waals surface area contributed by atoms with Gasteiger partial charge in [-0.15, -0.1) is 0 Å². The molecule has 2 heterocycles. The number of carbonyl (C=O) groups is 1.